The number of ether oxygens (including phenoxy) is 3. The Labute approximate surface area is 162 Å². The normalized spacial score (nSPS) is 18.1. The summed E-state index contributed by atoms with van der Waals surface area (Å²) in [6.07, 6.45) is 2.30. The molecule has 4 rings (SSSR count). The first-order valence-electron chi connectivity index (χ1n) is 10.1. The fourth-order valence-electron chi connectivity index (χ4n) is 4.33. The smallest absolute Gasteiger partial charge is 0.161 e. The van der Waals surface area contributed by atoms with E-state index in [4.69, 9.17) is 14.2 Å². The van der Waals surface area contributed by atoms with Gasteiger partial charge in [0.25, 0.3) is 0 Å². The van der Waals surface area contributed by atoms with Gasteiger partial charge < -0.3 is 14.2 Å². The van der Waals surface area contributed by atoms with Crippen LogP contribution in [-0.4, -0.2) is 37.8 Å². The molecule has 0 amide bonds. The molecule has 0 bridgehead atoms. The highest BCUT2D eigenvalue weighted by Crippen LogP contribution is 2.45. The van der Waals surface area contributed by atoms with Gasteiger partial charge in [-0.2, -0.15) is 0 Å². The van der Waals surface area contributed by atoms with Crippen LogP contribution in [0.25, 0.3) is 0 Å². The lowest BCUT2D eigenvalue weighted by Gasteiger charge is -2.38. The molecule has 4 nitrogen and oxygen atoms in total. The van der Waals surface area contributed by atoms with Crippen molar-refractivity contribution < 1.29 is 14.2 Å². The molecule has 0 atom stereocenters. The van der Waals surface area contributed by atoms with E-state index in [1.807, 2.05) is 19.9 Å². The van der Waals surface area contributed by atoms with Crippen molar-refractivity contribution in [1.29, 1.82) is 0 Å². The highest BCUT2D eigenvalue weighted by Gasteiger charge is 2.42. The van der Waals surface area contributed by atoms with Gasteiger partial charge in [-0.25, -0.2) is 0 Å². The Morgan fingerprint density at radius 1 is 0.963 bits per heavy atom. The maximum Gasteiger partial charge on any atom is 0.161 e. The maximum atomic E-state index is 5.98. The summed E-state index contributed by atoms with van der Waals surface area (Å²) < 4.78 is 17.4. The molecule has 2 aromatic rings. The van der Waals surface area contributed by atoms with Crippen LogP contribution in [0.3, 0.4) is 0 Å². The van der Waals surface area contributed by atoms with Crippen molar-refractivity contribution in [2.24, 2.45) is 0 Å². The van der Waals surface area contributed by atoms with Crippen molar-refractivity contribution in [3.63, 3.8) is 0 Å². The lowest BCUT2D eigenvalue weighted by atomic mass is 9.74. The van der Waals surface area contributed by atoms with E-state index in [0.29, 0.717) is 13.2 Å². The quantitative estimate of drug-likeness (QED) is 0.757. The number of nitrogens with zero attached hydrogens (tertiary/aromatic N) is 1. The molecule has 0 unspecified atom stereocenters. The highest BCUT2D eigenvalue weighted by atomic mass is 16.5. The average molecular weight is 367 g/mol. The zero-order valence-corrected chi connectivity index (χ0v) is 16.4. The second-order valence-electron chi connectivity index (χ2n) is 7.49. The third kappa shape index (κ3) is 3.63. The summed E-state index contributed by atoms with van der Waals surface area (Å²) in [5, 5.41) is 0. The second kappa shape index (κ2) is 7.81. The van der Waals surface area contributed by atoms with Crippen LogP contribution >= 0.6 is 0 Å². The molecule has 2 aromatic carbocycles. The van der Waals surface area contributed by atoms with Crippen molar-refractivity contribution in [1.82, 2.24) is 4.90 Å². The minimum Gasteiger partial charge on any atom is -0.492 e. The number of para-hydroxylation sites is 1. The Hall–Kier alpha value is -2.20. The lowest BCUT2D eigenvalue weighted by molar-refractivity contribution is 0.130. The van der Waals surface area contributed by atoms with Crippen molar-refractivity contribution in [3.05, 3.63) is 53.6 Å². The van der Waals surface area contributed by atoms with E-state index < -0.39 is 0 Å². The van der Waals surface area contributed by atoms with Crippen molar-refractivity contribution >= 4 is 0 Å². The van der Waals surface area contributed by atoms with Gasteiger partial charge in [-0.1, -0.05) is 24.3 Å². The summed E-state index contributed by atoms with van der Waals surface area (Å²) in [7, 11) is 0. The molecule has 2 aliphatic rings. The van der Waals surface area contributed by atoms with Gasteiger partial charge in [0.15, 0.2) is 11.5 Å². The van der Waals surface area contributed by atoms with Crippen LogP contribution < -0.4 is 14.2 Å². The Morgan fingerprint density at radius 3 is 2.48 bits per heavy atom. The van der Waals surface area contributed by atoms with Crippen LogP contribution in [0.1, 0.15) is 37.8 Å². The monoisotopic (exact) mass is 367 g/mol. The topological polar surface area (TPSA) is 30.9 Å². The van der Waals surface area contributed by atoms with E-state index in [9.17, 15) is 0 Å². The van der Waals surface area contributed by atoms with Gasteiger partial charge in [-0.15, -0.1) is 0 Å². The third-order valence-corrected chi connectivity index (χ3v) is 5.79. The molecule has 1 saturated heterocycles. The summed E-state index contributed by atoms with van der Waals surface area (Å²) in [5.41, 5.74) is 2.90. The van der Waals surface area contributed by atoms with E-state index in [0.717, 1.165) is 56.3 Å². The fraction of sp³-hybridized carbons (Fsp3) is 0.478. The molecule has 0 saturated carbocycles. The van der Waals surface area contributed by atoms with E-state index in [1.165, 1.54) is 11.1 Å². The summed E-state index contributed by atoms with van der Waals surface area (Å²) in [5.74, 6) is 2.77. The third-order valence-electron chi connectivity index (χ3n) is 5.79. The number of hydrogen-bond acceptors (Lipinski definition) is 4. The standard InChI is InChI=1S/C23H29NO3/c1-3-25-21-10-9-18(15-22(21)26-4-2)16-24-13-11-23(12-14-24)17-27-20-8-6-5-7-19(20)23/h5-10,15H,3-4,11-14,16-17H2,1-2H3. The Balaban J connectivity index is 1.42. The molecule has 0 radical (unpaired) electrons. The molecular formula is C23H29NO3. The number of rotatable bonds is 6. The summed E-state index contributed by atoms with van der Waals surface area (Å²) in [4.78, 5) is 2.54. The van der Waals surface area contributed by atoms with Gasteiger partial charge in [-0.05, 0) is 63.5 Å². The number of fused-ring (bicyclic) bond motifs is 2. The molecule has 2 heterocycles. The van der Waals surface area contributed by atoms with Gasteiger partial charge in [0.1, 0.15) is 5.75 Å². The summed E-state index contributed by atoms with van der Waals surface area (Å²) in [6, 6.07) is 14.9. The number of likely N-dealkylation sites (tertiary alicyclic amines) is 1. The van der Waals surface area contributed by atoms with Crippen LogP contribution in [0.2, 0.25) is 0 Å². The molecule has 144 valence electrons. The average Bonchev–Trinajstić information content (AvgIpc) is 3.05. The number of benzene rings is 2. The molecule has 0 aliphatic carbocycles. The molecular weight excluding hydrogens is 338 g/mol. The molecule has 1 fully saturated rings. The largest absolute Gasteiger partial charge is 0.492 e. The zero-order valence-electron chi connectivity index (χ0n) is 16.4. The predicted molar refractivity (Wildman–Crippen MR) is 107 cm³/mol. The first-order valence-corrected chi connectivity index (χ1v) is 10.1. The van der Waals surface area contributed by atoms with Gasteiger partial charge in [0.2, 0.25) is 0 Å². The van der Waals surface area contributed by atoms with Crippen LogP contribution in [0.15, 0.2) is 42.5 Å². The Bertz CT molecular complexity index is 781. The fourth-order valence-corrected chi connectivity index (χ4v) is 4.33. The van der Waals surface area contributed by atoms with Crippen LogP contribution in [0, 0.1) is 0 Å². The van der Waals surface area contributed by atoms with E-state index in [2.05, 4.69) is 41.3 Å². The Morgan fingerprint density at radius 2 is 1.70 bits per heavy atom. The van der Waals surface area contributed by atoms with Crippen LogP contribution in [0.4, 0.5) is 0 Å². The first kappa shape index (κ1) is 18.2. The van der Waals surface area contributed by atoms with Gasteiger partial charge in [0.05, 0.1) is 19.8 Å². The van der Waals surface area contributed by atoms with Gasteiger partial charge in [0, 0.05) is 17.5 Å². The number of piperidine rings is 1. The Kier molecular flexibility index (Phi) is 5.26. The van der Waals surface area contributed by atoms with Crippen molar-refractivity contribution in [2.75, 3.05) is 32.9 Å². The molecule has 1 spiro atoms. The minimum absolute atomic E-state index is 0.211. The highest BCUT2D eigenvalue weighted by molar-refractivity contribution is 5.44. The van der Waals surface area contributed by atoms with Crippen molar-refractivity contribution in [3.8, 4) is 17.2 Å². The zero-order chi connectivity index (χ0) is 18.7. The summed E-state index contributed by atoms with van der Waals surface area (Å²) in [6.45, 7) is 9.27. The maximum absolute atomic E-state index is 5.98. The van der Waals surface area contributed by atoms with Crippen molar-refractivity contribution in [2.45, 2.75) is 38.6 Å². The molecule has 2 aliphatic heterocycles. The summed E-state index contributed by atoms with van der Waals surface area (Å²) >= 11 is 0. The first-order chi connectivity index (χ1) is 13.2. The van der Waals surface area contributed by atoms with E-state index in [1.54, 1.807) is 0 Å². The molecule has 0 N–H and O–H groups in total. The van der Waals surface area contributed by atoms with Gasteiger partial charge >= 0.3 is 0 Å². The molecule has 4 heteroatoms. The van der Waals surface area contributed by atoms with Gasteiger partial charge in [-0.3, -0.25) is 4.90 Å². The van der Waals surface area contributed by atoms with Crippen LogP contribution in [0.5, 0.6) is 17.2 Å². The SMILES string of the molecule is CCOc1ccc(CN2CCC3(CC2)COc2ccccc23)cc1OCC. The minimum atomic E-state index is 0.211. The predicted octanol–water partition coefficient (Wildman–Crippen LogP) is 4.41. The number of hydrogen-bond donors (Lipinski definition) is 0. The van der Waals surface area contributed by atoms with Crippen LogP contribution in [-0.2, 0) is 12.0 Å². The lowest BCUT2D eigenvalue weighted by Crippen LogP contribution is -2.43. The van der Waals surface area contributed by atoms with E-state index >= 15 is 0 Å². The second-order valence-corrected chi connectivity index (χ2v) is 7.49. The molecule has 27 heavy (non-hydrogen) atoms. The van der Waals surface area contributed by atoms with E-state index in [-0.39, 0.29) is 5.41 Å². The molecule has 0 aromatic heterocycles.